The van der Waals surface area contributed by atoms with Crippen molar-refractivity contribution < 1.29 is 23.8 Å². The fourth-order valence-corrected chi connectivity index (χ4v) is 3.66. The minimum absolute atomic E-state index is 0.0572. The van der Waals surface area contributed by atoms with Gasteiger partial charge in [-0.1, -0.05) is 30.3 Å². The number of hydrogen-bond donors (Lipinski definition) is 1. The van der Waals surface area contributed by atoms with E-state index in [0.29, 0.717) is 29.4 Å². The Balaban J connectivity index is 1.68. The largest absolute Gasteiger partial charge is 0.493 e. The number of likely N-dealkylation sites (tertiary alicyclic amines) is 1. The van der Waals surface area contributed by atoms with Crippen LogP contribution in [0, 0.1) is 0 Å². The second-order valence-corrected chi connectivity index (χ2v) is 6.75. The molecule has 2 amide bonds. The van der Waals surface area contributed by atoms with E-state index >= 15 is 0 Å². The Hall–Kier alpha value is -3.22. The van der Waals surface area contributed by atoms with Crippen molar-refractivity contribution in [2.75, 3.05) is 34.4 Å². The van der Waals surface area contributed by atoms with Crippen LogP contribution in [0.15, 0.2) is 42.5 Å². The summed E-state index contributed by atoms with van der Waals surface area (Å²) in [6, 6.07) is 13.2. The Morgan fingerprint density at radius 3 is 2.28 bits per heavy atom. The lowest BCUT2D eigenvalue weighted by molar-refractivity contribution is -0.131. The van der Waals surface area contributed by atoms with Gasteiger partial charge < -0.3 is 24.4 Å². The van der Waals surface area contributed by atoms with Gasteiger partial charge in [0.05, 0.1) is 33.9 Å². The number of nitrogens with zero attached hydrogens (tertiary/aromatic N) is 1. The first-order chi connectivity index (χ1) is 14.1. The van der Waals surface area contributed by atoms with Gasteiger partial charge >= 0.3 is 0 Å². The molecule has 1 aliphatic heterocycles. The Morgan fingerprint density at radius 1 is 1.03 bits per heavy atom. The molecular weight excluding hydrogens is 372 g/mol. The van der Waals surface area contributed by atoms with Crippen LogP contribution in [0.2, 0.25) is 0 Å². The Morgan fingerprint density at radius 2 is 1.69 bits per heavy atom. The first kappa shape index (κ1) is 20.5. The van der Waals surface area contributed by atoms with Gasteiger partial charge in [0.15, 0.2) is 11.5 Å². The molecule has 29 heavy (non-hydrogen) atoms. The van der Waals surface area contributed by atoms with Crippen LogP contribution in [-0.2, 0) is 4.79 Å². The number of rotatable bonds is 7. The first-order valence-corrected chi connectivity index (χ1v) is 9.51. The maximum absolute atomic E-state index is 12.8. The molecule has 2 aromatic rings. The molecule has 1 aliphatic rings. The number of methoxy groups -OCH3 is 3. The van der Waals surface area contributed by atoms with Crippen molar-refractivity contribution in [3.8, 4) is 17.2 Å². The Labute approximate surface area is 170 Å². The van der Waals surface area contributed by atoms with Gasteiger partial charge in [-0.05, 0) is 30.5 Å². The number of carbonyl (C=O) groups is 2. The van der Waals surface area contributed by atoms with Gasteiger partial charge in [0.25, 0.3) is 5.91 Å². The van der Waals surface area contributed by atoms with Crippen LogP contribution in [0.5, 0.6) is 17.2 Å². The number of carbonyl (C=O) groups excluding carboxylic acids is 2. The van der Waals surface area contributed by atoms with Crippen LogP contribution in [0.25, 0.3) is 0 Å². The third kappa shape index (κ3) is 4.45. The van der Waals surface area contributed by atoms with Crippen molar-refractivity contribution in [2.24, 2.45) is 0 Å². The van der Waals surface area contributed by atoms with Gasteiger partial charge in [-0.25, -0.2) is 0 Å². The molecule has 1 fully saturated rings. The molecule has 0 aliphatic carbocycles. The summed E-state index contributed by atoms with van der Waals surface area (Å²) >= 11 is 0. The molecule has 1 heterocycles. The Bertz CT molecular complexity index is 844. The van der Waals surface area contributed by atoms with Crippen LogP contribution in [0.1, 0.15) is 34.8 Å². The lowest BCUT2D eigenvalue weighted by Crippen LogP contribution is -2.39. The third-order valence-electron chi connectivity index (χ3n) is 5.08. The summed E-state index contributed by atoms with van der Waals surface area (Å²) in [4.78, 5) is 27.2. The predicted molar refractivity (Wildman–Crippen MR) is 109 cm³/mol. The summed E-state index contributed by atoms with van der Waals surface area (Å²) in [6.07, 6.45) is 1.88. The normalized spacial score (nSPS) is 15.7. The molecule has 2 aromatic carbocycles. The summed E-state index contributed by atoms with van der Waals surface area (Å²) in [5, 5.41) is 2.71. The zero-order chi connectivity index (χ0) is 20.8. The van der Waals surface area contributed by atoms with Gasteiger partial charge in [-0.3, -0.25) is 9.59 Å². The fourth-order valence-electron chi connectivity index (χ4n) is 3.66. The van der Waals surface area contributed by atoms with Crippen LogP contribution >= 0.6 is 0 Å². The molecule has 7 heteroatoms. The maximum Gasteiger partial charge on any atom is 0.251 e. The second-order valence-electron chi connectivity index (χ2n) is 6.75. The highest BCUT2D eigenvalue weighted by molar-refractivity contribution is 5.97. The van der Waals surface area contributed by atoms with Crippen molar-refractivity contribution in [1.29, 1.82) is 0 Å². The zero-order valence-corrected chi connectivity index (χ0v) is 16.9. The summed E-state index contributed by atoms with van der Waals surface area (Å²) in [5.74, 6) is 0.689. The zero-order valence-electron chi connectivity index (χ0n) is 16.9. The van der Waals surface area contributed by atoms with Crippen molar-refractivity contribution in [2.45, 2.75) is 18.9 Å². The maximum atomic E-state index is 12.8. The number of hydrogen-bond acceptors (Lipinski definition) is 5. The fraction of sp³-hybridized carbons (Fsp3) is 0.364. The first-order valence-electron chi connectivity index (χ1n) is 9.51. The standard InChI is InChI=1S/C22H26N2O5/c1-27-18-12-16(13-19(28-2)21(18)29-3)22(26)23-14-20(25)24-11-7-10-17(24)15-8-5-4-6-9-15/h4-6,8-9,12-13,17H,7,10-11,14H2,1-3H3,(H,23,26)/t17-/m1/s1. The minimum atomic E-state index is -0.381. The summed E-state index contributed by atoms with van der Waals surface area (Å²) in [7, 11) is 4.47. The molecule has 1 N–H and O–H groups in total. The number of ether oxygens (including phenoxy) is 3. The molecule has 0 aromatic heterocycles. The van der Waals surface area contributed by atoms with Gasteiger partial charge in [0.1, 0.15) is 0 Å². The quantitative estimate of drug-likeness (QED) is 0.776. The molecule has 154 valence electrons. The Kier molecular flexibility index (Phi) is 6.59. The molecule has 7 nitrogen and oxygen atoms in total. The van der Waals surface area contributed by atoms with Gasteiger partial charge in [0, 0.05) is 12.1 Å². The molecule has 0 unspecified atom stereocenters. The SMILES string of the molecule is COc1cc(C(=O)NCC(=O)N2CCC[C@@H]2c2ccccc2)cc(OC)c1OC. The molecule has 0 bridgehead atoms. The summed E-state index contributed by atoms with van der Waals surface area (Å²) in [5.41, 5.74) is 1.45. The second kappa shape index (κ2) is 9.32. The van der Waals surface area contributed by atoms with Crippen molar-refractivity contribution in [1.82, 2.24) is 10.2 Å². The van der Waals surface area contributed by atoms with Crippen LogP contribution in [0.4, 0.5) is 0 Å². The van der Waals surface area contributed by atoms with E-state index in [-0.39, 0.29) is 24.4 Å². The highest BCUT2D eigenvalue weighted by Crippen LogP contribution is 2.38. The molecule has 1 saturated heterocycles. The van der Waals surface area contributed by atoms with E-state index in [9.17, 15) is 9.59 Å². The number of nitrogens with one attached hydrogen (secondary N) is 1. The van der Waals surface area contributed by atoms with Crippen molar-refractivity contribution >= 4 is 11.8 Å². The molecule has 0 radical (unpaired) electrons. The van der Waals surface area contributed by atoms with Gasteiger partial charge in [-0.2, -0.15) is 0 Å². The monoisotopic (exact) mass is 398 g/mol. The molecular formula is C22H26N2O5. The lowest BCUT2D eigenvalue weighted by Gasteiger charge is -2.25. The van der Waals surface area contributed by atoms with E-state index < -0.39 is 0 Å². The molecule has 0 saturated carbocycles. The highest BCUT2D eigenvalue weighted by atomic mass is 16.5. The van der Waals surface area contributed by atoms with E-state index in [0.717, 1.165) is 18.4 Å². The third-order valence-corrected chi connectivity index (χ3v) is 5.08. The topological polar surface area (TPSA) is 77.1 Å². The summed E-state index contributed by atoms with van der Waals surface area (Å²) in [6.45, 7) is 0.622. The van der Waals surface area contributed by atoms with Crippen LogP contribution in [-0.4, -0.2) is 51.1 Å². The van der Waals surface area contributed by atoms with Crippen LogP contribution in [0.3, 0.4) is 0 Å². The van der Waals surface area contributed by atoms with E-state index in [2.05, 4.69) is 5.32 Å². The van der Waals surface area contributed by atoms with E-state index in [1.165, 1.54) is 21.3 Å². The van der Waals surface area contributed by atoms with E-state index in [4.69, 9.17) is 14.2 Å². The average molecular weight is 398 g/mol. The van der Waals surface area contributed by atoms with Crippen molar-refractivity contribution in [3.05, 3.63) is 53.6 Å². The molecule has 3 rings (SSSR count). The smallest absolute Gasteiger partial charge is 0.251 e. The van der Waals surface area contributed by atoms with E-state index in [1.807, 2.05) is 35.2 Å². The predicted octanol–water partition coefficient (Wildman–Crippen LogP) is 2.81. The lowest BCUT2D eigenvalue weighted by atomic mass is 10.0. The highest BCUT2D eigenvalue weighted by Gasteiger charge is 2.29. The molecule has 1 atom stereocenters. The minimum Gasteiger partial charge on any atom is -0.493 e. The average Bonchev–Trinajstić information content (AvgIpc) is 3.26. The summed E-state index contributed by atoms with van der Waals surface area (Å²) < 4.78 is 15.8. The van der Waals surface area contributed by atoms with Crippen LogP contribution < -0.4 is 19.5 Å². The van der Waals surface area contributed by atoms with Gasteiger partial charge in [-0.15, -0.1) is 0 Å². The van der Waals surface area contributed by atoms with E-state index in [1.54, 1.807) is 12.1 Å². The van der Waals surface area contributed by atoms with Gasteiger partial charge in [0.2, 0.25) is 11.7 Å². The molecule has 0 spiro atoms. The van der Waals surface area contributed by atoms with Crippen molar-refractivity contribution in [3.63, 3.8) is 0 Å². The number of amides is 2. The number of benzene rings is 2.